The lowest BCUT2D eigenvalue weighted by Gasteiger charge is -2.10. The molecule has 0 saturated heterocycles. The van der Waals surface area contributed by atoms with E-state index in [0.29, 0.717) is 5.11 Å². The molecule has 0 aliphatic rings. The van der Waals surface area contributed by atoms with Crippen LogP contribution < -0.4 is 10.6 Å². The molecule has 3 nitrogen and oxygen atoms in total. The van der Waals surface area contributed by atoms with E-state index < -0.39 is 0 Å². The van der Waals surface area contributed by atoms with E-state index in [2.05, 4.69) is 29.7 Å². The first-order valence-electron chi connectivity index (χ1n) is 6.44. The Balaban J connectivity index is 1.74. The molecule has 2 aromatic rings. The van der Waals surface area contributed by atoms with E-state index in [9.17, 15) is 0 Å². The van der Waals surface area contributed by atoms with Gasteiger partial charge < -0.3 is 15.1 Å². The second-order valence-corrected chi connectivity index (χ2v) is 4.67. The molecule has 0 spiro atoms. The molecule has 100 valence electrons. The van der Waals surface area contributed by atoms with E-state index in [1.807, 2.05) is 24.3 Å². The van der Waals surface area contributed by atoms with Crippen molar-refractivity contribution in [2.45, 2.75) is 19.8 Å². The lowest BCUT2D eigenvalue weighted by molar-refractivity contribution is 0.507. The lowest BCUT2D eigenvalue weighted by atomic mass is 10.1. The highest BCUT2D eigenvalue weighted by atomic mass is 32.1. The highest BCUT2D eigenvalue weighted by Gasteiger charge is 1.99. The van der Waals surface area contributed by atoms with Gasteiger partial charge in [-0.2, -0.15) is 0 Å². The topological polar surface area (TPSA) is 37.2 Å². The molecule has 0 bridgehead atoms. The summed E-state index contributed by atoms with van der Waals surface area (Å²) in [6.45, 7) is 2.90. The predicted molar refractivity (Wildman–Crippen MR) is 82.5 cm³/mol. The SMILES string of the molecule is CCc1ccc(NC(=S)NCCc2ccco2)cc1. The van der Waals surface area contributed by atoms with Crippen molar-refractivity contribution in [2.24, 2.45) is 0 Å². The largest absolute Gasteiger partial charge is 0.469 e. The first kappa shape index (κ1) is 13.6. The number of furan rings is 1. The van der Waals surface area contributed by atoms with Crippen LogP contribution in [-0.4, -0.2) is 11.7 Å². The van der Waals surface area contributed by atoms with Crippen molar-refractivity contribution in [3.63, 3.8) is 0 Å². The van der Waals surface area contributed by atoms with E-state index in [1.54, 1.807) is 6.26 Å². The molecule has 0 saturated carbocycles. The lowest BCUT2D eigenvalue weighted by Crippen LogP contribution is -2.30. The first-order chi connectivity index (χ1) is 9.28. The average molecular weight is 274 g/mol. The van der Waals surface area contributed by atoms with Crippen LogP contribution >= 0.6 is 12.2 Å². The Kier molecular flexibility index (Phi) is 4.98. The highest BCUT2D eigenvalue weighted by molar-refractivity contribution is 7.80. The molecule has 2 N–H and O–H groups in total. The Morgan fingerprint density at radius 3 is 2.63 bits per heavy atom. The zero-order valence-corrected chi connectivity index (χ0v) is 11.8. The summed E-state index contributed by atoms with van der Waals surface area (Å²) in [4.78, 5) is 0. The van der Waals surface area contributed by atoms with Crippen LogP contribution in [0.4, 0.5) is 5.69 Å². The van der Waals surface area contributed by atoms with Gasteiger partial charge in [0.05, 0.1) is 6.26 Å². The summed E-state index contributed by atoms with van der Waals surface area (Å²) in [6.07, 6.45) is 3.55. The van der Waals surface area contributed by atoms with Crippen molar-refractivity contribution < 1.29 is 4.42 Å². The molecular weight excluding hydrogens is 256 g/mol. The van der Waals surface area contributed by atoms with Gasteiger partial charge >= 0.3 is 0 Å². The fraction of sp³-hybridized carbons (Fsp3) is 0.267. The van der Waals surface area contributed by atoms with Gasteiger partial charge in [0.1, 0.15) is 5.76 Å². The quantitative estimate of drug-likeness (QED) is 0.820. The number of thiocarbonyl (C=S) groups is 1. The molecule has 0 amide bonds. The van der Waals surface area contributed by atoms with E-state index in [-0.39, 0.29) is 0 Å². The summed E-state index contributed by atoms with van der Waals surface area (Å²) in [7, 11) is 0. The normalized spacial score (nSPS) is 10.2. The van der Waals surface area contributed by atoms with Gasteiger partial charge in [-0.1, -0.05) is 19.1 Å². The fourth-order valence-electron chi connectivity index (χ4n) is 1.75. The molecule has 4 heteroatoms. The second-order valence-electron chi connectivity index (χ2n) is 4.26. The summed E-state index contributed by atoms with van der Waals surface area (Å²) >= 11 is 5.24. The number of anilines is 1. The van der Waals surface area contributed by atoms with Gasteiger partial charge in [-0.3, -0.25) is 0 Å². The smallest absolute Gasteiger partial charge is 0.170 e. The Morgan fingerprint density at radius 1 is 1.21 bits per heavy atom. The molecule has 1 heterocycles. The molecule has 0 radical (unpaired) electrons. The van der Waals surface area contributed by atoms with Gasteiger partial charge in [0.15, 0.2) is 5.11 Å². The zero-order chi connectivity index (χ0) is 13.5. The van der Waals surface area contributed by atoms with Crippen LogP contribution in [0, 0.1) is 0 Å². The van der Waals surface area contributed by atoms with Crippen molar-refractivity contribution in [1.29, 1.82) is 0 Å². The van der Waals surface area contributed by atoms with E-state index in [4.69, 9.17) is 16.6 Å². The summed E-state index contributed by atoms with van der Waals surface area (Å²) in [5, 5.41) is 6.96. The molecule has 1 aromatic carbocycles. The average Bonchev–Trinajstić information content (AvgIpc) is 2.93. The van der Waals surface area contributed by atoms with Crippen molar-refractivity contribution >= 4 is 23.0 Å². The van der Waals surface area contributed by atoms with Gasteiger partial charge in [-0.05, 0) is 48.5 Å². The molecule has 1 aromatic heterocycles. The molecule has 0 aliphatic carbocycles. The maximum Gasteiger partial charge on any atom is 0.170 e. The Hall–Kier alpha value is -1.81. The molecule has 0 unspecified atom stereocenters. The predicted octanol–water partition coefficient (Wildman–Crippen LogP) is 3.37. The van der Waals surface area contributed by atoms with Gasteiger partial charge in [0.2, 0.25) is 0 Å². The number of rotatable bonds is 5. The third-order valence-corrected chi connectivity index (χ3v) is 3.10. The summed E-state index contributed by atoms with van der Waals surface area (Å²) in [5.41, 5.74) is 2.33. The van der Waals surface area contributed by atoms with E-state index in [1.165, 1.54) is 5.56 Å². The van der Waals surface area contributed by atoms with Crippen LogP contribution in [-0.2, 0) is 12.8 Å². The third kappa shape index (κ3) is 4.41. The summed E-state index contributed by atoms with van der Waals surface area (Å²) in [6, 6.07) is 12.1. The minimum absolute atomic E-state index is 0.635. The van der Waals surface area contributed by atoms with E-state index >= 15 is 0 Å². The van der Waals surface area contributed by atoms with Crippen LogP contribution in [0.25, 0.3) is 0 Å². The molecule has 0 fully saturated rings. The number of aryl methyl sites for hydroxylation is 1. The summed E-state index contributed by atoms with van der Waals surface area (Å²) < 4.78 is 5.26. The van der Waals surface area contributed by atoms with Gasteiger partial charge in [-0.25, -0.2) is 0 Å². The molecule has 0 atom stereocenters. The van der Waals surface area contributed by atoms with Gasteiger partial charge in [0.25, 0.3) is 0 Å². The van der Waals surface area contributed by atoms with Crippen molar-refractivity contribution in [1.82, 2.24) is 5.32 Å². The monoisotopic (exact) mass is 274 g/mol. The molecule has 0 aliphatic heterocycles. The van der Waals surface area contributed by atoms with Crippen molar-refractivity contribution in [3.8, 4) is 0 Å². The Bertz CT molecular complexity index is 505. The molecule has 2 rings (SSSR count). The van der Waals surface area contributed by atoms with Crippen LogP contribution in [0.5, 0.6) is 0 Å². The third-order valence-electron chi connectivity index (χ3n) is 2.86. The maximum absolute atomic E-state index is 5.26. The Morgan fingerprint density at radius 2 is 2.00 bits per heavy atom. The number of hydrogen-bond acceptors (Lipinski definition) is 2. The van der Waals surface area contributed by atoms with Crippen molar-refractivity contribution in [2.75, 3.05) is 11.9 Å². The summed E-state index contributed by atoms with van der Waals surface area (Å²) in [5.74, 6) is 0.961. The van der Waals surface area contributed by atoms with Crippen LogP contribution in [0.1, 0.15) is 18.2 Å². The minimum Gasteiger partial charge on any atom is -0.469 e. The molecule has 19 heavy (non-hydrogen) atoms. The van der Waals surface area contributed by atoms with Crippen molar-refractivity contribution in [3.05, 3.63) is 54.0 Å². The highest BCUT2D eigenvalue weighted by Crippen LogP contribution is 2.09. The fourth-order valence-corrected chi connectivity index (χ4v) is 1.97. The molecular formula is C15H18N2OS. The van der Waals surface area contributed by atoms with Crippen LogP contribution in [0.15, 0.2) is 47.1 Å². The zero-order valence-electron chi connectivity index (χ0n) is 11.0. The number of nitrogens with one attached hydrogen (secondary N) is 2. The second kappa shape index (κ2) is 6.95. The van der Waals surface area contributed by atoms with E-state index in [0.717, 1.165) is 30.8 Å². The number of benzene rings is 1. The van der Waals surface area contributed by atoms with Crippen LogP contribution in [0.3, 0.4) is 0 Å². The standard InChI is InChI=1S/C15H18N2OS/c1-2-12-5-7-13(8-6-12)17-15(19)16-10-9-14-4-3-11-18-14/h3-8,11H,2,9-10H2,1H3,(H2,16,17,19). The minimum atomic E-state index is 0.635. The number of hydrogen-bond donors (Lipinski definition) is 2. The van der Waals surface area contributed by atoms with Crippen LogP contribution in [0.2, 0.25) is 0 Å². The van der Waals surface area contributed by atoms with Gasteiger partial charge in [0, 0.05) is 18.7 Å². The Labute approximate surface area is 119 Å². The maximum atomic E-state index is 5.26. The first-order valence-corrected chi connectivity index (χ1v) is 6.85. The van der Waals surface area contributed by atoms with Gasteiger partial charge in [-0.15, -0.1) is 0 Å².